The molecule has 0 rings (SSSR count). The van der Waals surface area contributed by atoms with Crippen LogP contribution in [0.25, 0.3) is 0 Å². The molecule has 0 saturated heterocycles. The van der Waals surface area contributed by atoms with Crippen LogP contribution in [0.4, 0.5) is 0 Å². The van der Waals surface area contributed by atoms with E-state index in [1.807, 2.05) is 0 Å². The van der Waals surface area contributed by atoms with Gasteiger partial charge in [0.05, 0.1) is 18.8 Å². The Morgan fingerprint density at radius 3 is 2.30 bits per heavy atom. The highest BCUT2D eigenvalue weighted by Gasteiger charge is 2.02. The first-order valence-electron chi connectivity index (χ1n) is 3.21. The molecule has 62 valence electrons. The third kappa shape index (κ3) is 6.35. The Labute approximate surface area is 65.1 Å². The molecule has 0 saturated carbocycles. The Morgan fingerprint density at radius 1 is 1.30 bits per heavy atom. The van der Waals surface area contributed by atoms with Gasteiger partial charge in [-0.15, -0.1) is 0 Å². The summed E-state index contributed by atoms with van der Waals surface area (Å²) < 4.78 is 0. The monoisotopic (exact) mass is 166 g/mol. The second-order valence-corrected chi connectivity index (χ2v) is 3.30. The summed E-state index contributed by atoms with van der Waals surface area (Å²) >= 11 is 1.43. The van der Waals surface area contributed by atoms with Crippen LogP contribution in [-0.2, 0) is 0 Å². The Balaban J connectivity index is 3.03. The van der Waals surface area contributed by atoms with Gasteiger partial charge in [0.2, 0.25) is 0 Å². The summed E-state index contributed by atoms with van der Waals surface area (Å²) in [5, 5.41) is 26.0. The molecule has 3 nitrogen and oxygen atoms in total. The lowest BCUT2D eigenvalue weighted by Crippen LogP contribution is -2.16. The molecule has 0 amide bonds. The molecule has 3 N–H and O–H groups in total. The maximum absolute atomic E-state index is 8.82. The van der Waals surface area contributed by atoms with Crippen molar-refractivity contribution in [2.24, 2.45) is 0 Å². The minimum atomic E-state index is -0.649. The van der Waals surface area contributed by atoms with Crippen molar-refractivity contribution in [3.8, 4) is 0 Å². The van der Waals surface area contributed by atoms with Crippen molar-refractivity contribution in [2.45, 2.75) is 19.1 Å². The van der Waals surface area contributed by atoms with Crippen LogP contribution in [0.3, 0.4) is 0 Å². The minimum Gasteiger partial charge on any atom is -0.394 e. The minimum absolute atomic E-state index is 0.202. The van der Waals surface area contributed by atoms with Crippen LogP contribution in [0.2, 0.25) is 0 Å². The summed E-state index contributed by atoms with van der Waals surface area (Å²) in [5.74, 6) is 1.10. The summed E-state index contributed by atoms with van der Waals surface area (Å²) in [4.78, 5) is 0. The van der Waals surface area contributed by atoms with Gasteiger partial charge < -0.3 is 15.3 Å². The highest BCUT2D eigenvalue weighted by Crippen LogP contribution is 2.04. The number of hydrogen-bond acceptors (Lipinski definition) is 4. The lowest BCUT2D eigenvalue weighted by molar-refractivity contribution is 0.113. The molecule has 0 aliphatic rings. The van der Waals surface area contributed by atoms with Crippen molar-refractivity contribution < 1.29 is 15.3 Å². The molecule has 0 aromatic rings. The first-order valence-corrected chi connectivity index (χ1v) is 4.37. The number of aliphatic hydroxyl groups excluding tert-OH is 3. The van der Waals surface area contributed by atoms with Crippen LogP contribution in [0, 0.1) is 0 Å². The van der Waals surface area contributed by atoms with Crippen LogP contribution in [-0.4, -0.2) is 45.6 Å². The van der Waals surface area contributed by atoms with E-state index in [0.717, 1.165) is 0 Å². The van der Waals surface area contributed by atoms with E-state index in [9.17, 15) is 0 Å². The average Bonchev–Trinajstić information content (AvgIpc) is 1.87. The lowest BCUT2D eigenvalue weighted by atomic mass is 10.4. The van der Waals surface area contributed by atoms with E-state index in [1.165, 1.54) is 11.8 Å². The smallest absolute Gasteiger partial charge is 0.0861 e. The van der Waals surface area contributed by atoms with Gasteiger partial charge in [0, 0.05) is 11.5 Å². The fourth-order valence-electron chi connectivity index (χ4n) is 0.427. The average molecular weight is 166 g/mol. The normalized spacial score (nSPS) is 16.8. The molecule has 2 atom stereocenters. The number of aliphatic hydroxyl groups is 3. The standard InChI is InChI=1S/C6H14O3S/c1-5(8)3-10-4-6(9)2-7/h5-9H,2-4H2,1H3/t5-,6?/m1/s1. The summed E-state index contributed by atoms with van der Waals surface area (Å²) in [6, 6.07) is 0. The Morgan fingerprint density at radius 2 is 1.90 bits per heavy atom. The molecular formula is C6H14O3S. The molecule has 0 aliphatic heterocycles. The first kappa shape index (κ1) is 10.2. The fourth-order valence-corrected chi connectivity index (χ4v) is 1.28. The van der Waals surface area contributed by atoms with Gasteiger partial charge in [0.1, 0.15) is 0 Å². The van der Waals surface area contributed by atoms with Crippen LogP contribution in [0.1, 0.15) is 6.92 Å². The van der Waals surface area contributed by atoms with Gasteiger partial charge in [-0.05, 0) is 6.92 Å². The second kappa shape index (κ2) is 5.97. The molecule has 0 heterocycles. The fraction of sp³-hybridized carbons (Fsp3) is 1.00. The van der Waals surface area contributed by atoms with Crippen molar-refractivity contribution >= 4 is 11.8 Å². The zero-order valence-electron chi connectivity index (χ0n) is 6.03. The van der Waals surface area contributed by atoms with E-state index in [-0.39, 0.29) is 12.7 Å². The molecular weight excluding hydrogens is 152 g/mol. The van der Waals surface area contributed by atoms with Crippen molar-refractivity contribution in [3.05, 3.63) is 0 Å². The zero-order valence-corrected chi connectivity index (χ0v) is 6.84. The van der Waals surface area contributed by atoms with E-state index < -0.39 is 6.10 Å². The van der Waals surface area contributed by atoms with E-state index in [0.29, 0.717) is 11.5 Å². The molecule has 0 aromatic carbocycles. The van der Waals surface area contributed by atoms with Gasteiger partial charge in [-0.3, -0.25) is 0 Å². The van der Waals surface area contributed by atoms with Gasteiger partial charge in [-0.25, -0.2) is 0 Å². The maximum Gasteiger partial charge on any atom is 0.0861 e. The lowest BCUT2D eigenvalue weighted by Gasteiger charge is -2.07. The maximum atomic E-state index is 8.82. The molecule has 0 bridgehead atoms. The van der Waals surface area contributed by atoms with E-state index >= 15 is 0 Å². The van der Waals surface area contributed by atoms with Crippen LogP contribution < -0.4 is 0 Å². The molecule has 0 aliphatic carbocycles. The molecule has 0 fully saturated rings. The third-order valence-corrected chi connectivity index (χ3v) is 2.22. The highest BCUT2D eigenvalue weighted by molar-refractivity contribution is 7.99. The van der Waals surface area contributed by atoms with Gasteiger partial charge in [0.25, 0.3) is 0 Å². The molecule has 4 heteroatoms. The van der Waals surface area contributed by atoms with Crippen molar-refractivity contribution in [2.75, 3.05) is 18.1 Å². The molecule has 10 heavy (non-hydrogen) atoms. The largest absolute Gasteiger partial charge is 0.394 e. The van der Waals surface area contributed by atoms with E-state index in [1.54, 1.807) is 6.92 Å². The Bertz CT molecular complexity index is 77.4. The van der Waals surface area contributed by atoms with Gasteiger partial charge in [0.15, 0.2) is 0 Å². The van der Waals surface area contributed by atoms with Gasteiger partial charge >= 0.3 is 0 Å². The third-order valence-electron chi connectivity index (χ3n) is 0.880. The zero-order chi connectivity index (χ0) is 7.98. The van der Waals surface area contributed by atoms with Gasteiger partial charge in [-0.2, -0.15) is 11.8 Å². The number of hydrogen-bond donors (Lipinski definition) is 3. The van der Waals surface area contributed by atoms with Crippen molar-refractivity contribution in [3.63, 3.8) is 0 Å². The van der Waals surface area contributed by atoms with Gasteiger partial charge in [-0.1, -0.05) is 0 Å². The van der Waals surface area contributed by atoms with Crippen LogP contribution in [0.15, 0.2) is 0 Å². The molecule has 0 radical (unpaired) electrons. The van der Waals surface area contributed by atoms with Crippen LogP contribution in [0.5, 0.6) is 0 Å². The van der Waals surface area contributed by atoms with Crippen molar-refractivity contribution in [1.29, 1.82) is 0 Å². The summed E-state index contributed by atoms with van der Waals surface area (Å²) in [6.07, 6.45) is -0.986. The SMILES string of the molecule is C[C@@H](O)CSCC(O)CO. The number of thioether (sulfide) groups is 1. The van der Waals surface area contributed by atoms with E-state index in [2.05, 4.69) is 0 Å². The second-order valence-electron chi connectivity index (χ2n) is 2.22. The quantitative estimate of drug-likeness (QED) is 0.513. The molecule has 0 spiro atoms. The summed E-state index contributed by atoms with van der Waals surface area (Å²) in [6.45, 7) is 1.49. The number of rotatable bonds is 5. The molecule has 1 unspecified atom stereocenters. The highest BCUT2D eigenvalue weighted by atomic mass is 32.2. The summed E-state index contributed by atoms with van der Waals surface area (Å²) in [7, 11) is 0. The Hall–Kier alpha value is 0.230. The van der Waals surface area contributed by atoms with E-state index in [4.69, 9.17) is 15.3 Å². The predicted molar refractivity (Wildman–Crippen MR) is 42.1 cm³/mol. The first-order chi connectivity index (χ1) is 4.66. The van der Waals surface area contributed by atoms with Crippen LogP contribution >= 0.6 is 11.8 Å². The topological polar surface area (TPSA) is 60.7 Å². The predicted octanol–water partition coefficient (Wildman–Crippen LogP) is -0.546. The summed E-state index contributed by atoms with van der Waals surface area (Å²) in [5.41, 5.74) is 0. The molecule has 0 aromatic heterocycles. The Kier molecular flexibility index (Phi) is 6.11. The van der Waals surface area contributed by atoms with Crippen molar-refractivity contribution in [1.82, 2.24) is 0 Å².